The van der Waals surface area contributed by atoms with Crippen LogP contribution in [-0.4, -0.2) is 30.0 Å². The number of nitrogens with zero attached hydrogens (tertiary/aromatic N) is 2. The summed E-state index contributed by atoms with van der Waals surface area (Å²) in [5.74, 6) is 0.227. The van der Waals surface area contributed by atoms with E-state index in [1.54, 1.807) is 12.1 Å². The van der Waals surface area contributed by atoms with Crippen molar-refractivity contribution >= 4 is 28.4 Å². The van der Waals surface area contributed by atoms with Gasteiger partial charge in [0.1, 0.15) is 0 Å². The molecule has 6 heteroatoms. The van der Waals surface area contributed by atoms with Crippen molar-refractivity contribution in [1.29, 1.82) is 0 Å². The van der Waals surface area contributed by atoms with E-state index in [0.29, 0.717) is 11.4 Å². The molecule has 0 amide bonds. The lowest BCUT2D eigenvalue weighted by Crippen LogP contribution is -2.09. The molecule has 0 radical (unpaired) electrons. The van der Waals surface area contributed by atoms with Crippen LogP contribution >= 0.6 is 22.6 Å². The summed E-state index contributed by atoms with van der Waals surface area (Å²) in [7, 11) is 2.92. The Labute approximate surface area is 124 Å². The van der Waals surface area contributed by atoms with Gasteiger partial charge in [-0.2, -0.15) is 4.98 Å². The minimum absolute atomic E-state index is 0.156. The van der Waals surface area contributed by atoms with E-state index in [2.05, 4.69) is 32.6 Å². The predicted molar refractivity (Wildman–Crippen MR) is 77.7 cm³/mol. The van der Waals surface area contributed by atoms with E-state index >= 15 is 0 Å². The van der Waals surface area contributed by atoms with Gasteiger partial charge >= 0.3 is 0 Å². The largest absolute Gasteiger partial charge is 0.480 e. The highest BCUT2D eigenvalue weighted by molar-refractivity contribution is 14.1. The highest BCUT2D eigenvalue weighted by Crippen LogP contribution is 2.20. The van der Waals surface area contributed by atoms with Gasteiger partial charge in [-0.3, -0.25) is 4.79 Å². The van der Waals surface area contributed by atoms with Gasteiger partial charge in [0, 0.05) is 9.13 Å². The third-order valence-corrected chi connectivity index (χ3v) is 3.09. The number of rotatable bonds is 4. The van der Waals surface area contributed by atoms with Gasteiger partial charge in [-0.15, -0.1) is 0 Å². The van der Waals surface area contributed by atoms with E-state index in [4.69, 9.17) is 9.47 Å². The average Bonchev–Trinajstić information content (AvgIpc) is 2.45. The van der Waals surface area contributed by atoms with Crippen molar-refractivity contribution in [2.75, 3.05) is 14.2 Å². The highest BCUT2D eigenvalue weighted by Gasteiger charge is 2.18. The second-order valence-electron chi connectivity index (χ2n) is 3.61. The maximum atomic E-state index is 12.4. The molecule has 0 bridgehead atoms. The number of ether oxygens (including phenoxy) is 2. The molecule has 98 valence electrons. The molecular formula is C13H11IN2O3. The molecule has 2 rings (SSSR count). The smallest absolute Gasteiger partial charge is 0.247 e. The molecular weight excluding hydrogens is 359 g/mol. The molecule has 0 fully saturated rings. The Morgan fingerprint density at radius 1 is 1.26 bits per heavy atom. The second-order valence-corrected chi connectivity index (χ2v) is 4.86. The number of hydrogen-bond acceptors (Lipinski definition) is 5. The Kier molecular flexibility index (Phi) is 4.31. The lowest BCUT2D eigenvalue weighted by molar-refractivity contribution is 0.103. The molecule has 0 spiro atoms. The summed E-state index contributed by atoms with van der Waals surface area (Å²) >= 11 is 2.15. The molecule has 0 aliphatic rings. The number of benzene rings is 1. The zero-order valence-corrected chi connectivity index (χ0v) is 12.5. The first-order valence-corrected chi connectivity index (χ1v) is 6.49. The normalized spacial score (nSPS) is 10.1. The lowest BCUT2D eigenvalue weighted by Gasteiger charge is -2.07. The number of methoxy groups -OCH3 is 2. The summed E-state index contributed by atoms with van der Waals surface area (Å²) in [4.78, 5) is 20.5. The third kappa shape index (κ3) is 3.01. The van der Waals surface area contributed by atoms with Crippen LogP contribution < -0.4 is 9.47 Å². The van der Waals surface area contributed by atoms with Crippen LogP contribution in [0.25, 0.3) is 0 Å². The Morgan fingerprint density at radius 2 is 2.05 bits per heavy atom. The molecule has 0 atom stereocenters. The van der Waals surface area contributed by atoms with E-state index < -0.39 is 0 Å². The van der Waals surface area contributed by atoms with Gasteiger partial charge in [-0.1, -0.05) is 12.1 Å². The fourth-order valence-corrected chi connectivity index (χ4v) is 2.06. The predicted octanol–water partition coefficient (Wildman–Crippen LogP) is 2.33. The molecule has 1 heterocycles. The van der Waals surface area contributed by atoms with Crippen molar-refractivity contribution in [3.63, 3.8) is 0 Å². The third-order valence-electron chi connectivity index (χ3n) is 2.42. The summed E-state index contributed by atoms with van der Waals surface area (Å²) in [6.45, 7) is 0. The van der Waals surface area contributed by atoms with E-state index in [1.807, 2.05) is 12.1 Å². The second kappa shape index (κ2) is 5.96. The molecule has 1 aromatic carbocycles. The molecule has 0 saturated heterocycles. The zero-order valence-electron chi connectivity index (χ0n) is 10.4. The van der Waals surface area contributed by atoms with Gasteiger partial charge in [0.15, 0.2) is 5.69 Å². The van der Waals surface area contributed by atoms with Gasteiger partial charge in [-0.05, 0) is 34.7 Å². The van der Waals surface area contributed by atoms with Crippen LogP contribution in [0.15, 0.2) is 30.5 Å². The summed E-state index contributed by atoms with van der Waals surface area (Å²) in [5.41, 5.74) is 0.718. The number of ketones is 1. The van der Waals surface area contributed by atoms with E-state index in [0.717, 1.165) is 3.57 Å². The van der Waals surface area contributed by atoms with Gasteiger partial charge in [0.2, 0.25) is 17.5 Å². The molecule has 0 aliphatic carbocycles. The average molecular weight is 370 g/mol. The summed E-state index contributed by atoms with van der Waals surface area (Å²) in [6.07, 6.45) is 1.39. The molecule has 2 aromatic rings. The summed E-state index contributed by atoms with van der Waals surface area (Å²) < 4.78 is 11.0. The van der Waals surface area contributed by atoms with Gasteiger partial charge in [0.25, 0.3) is 0 Å². The zero-order chi connectivity index (χ0) is 13.8. The number of halogens is 1. The summed E-state index contributed by atoms with van der Waals surface area (Å²) in [5, 5.41) is 0. The van der Waals surface area contributed by atoms with Crippen LogP contribution in [0.5, 0.6) is 11.8 Å². The fourth-order valence-electron chi connectivity index (χ4n) is 1.52. The van der Waals surface area contributed by atoms with Crippen LogP contribution in [0.1, 0.15) is 16.1 Å². The molecule has 19 heavy (non-hydrogen) atoms. The number of carbonyl (C=O) groups is 1. The van der Waals surface area contributed by atoms with Crippen LogP contribution in [0.4, 0.5) is 0 Å². The fraction of sp³-hybridized carbons (Fsp3) is 0.154. The first-order valence-electron chi connectivity index (χ1n) is 5.41. The molecule has 0 aliphatic heterocycles. The van der Waals surface area contributed by atoms with Crippen LogP contribution in [0.3, 0.4) is 0 Å². The standard InChI is InChI=1S/C13H11IN2O3/c1-18-10-7-15-11(13(16-10)19-2)12(17)8-4-3-5-9(14)6-8/h3-7H,1-2H3. The molecule has 1 aromatic heterocycles. The molecule has 0 saturated carbocycles. The minimum Gasteiger partial charge on any atom is -0.480 e. The van der Waals surface area contributed by atoms with Gasteiger partial charge in [0.05, 0.1) is 20.4 Å². The van der Waals surface area contributed by atoms with Crippen LogP contribution in [-0.2, 0) is 0 Å². The molecule has 0 unspecified atom stereocenters. The Morgan fingerprint density at radius 3 is 2.68 bits per heavy atom. The van der Waals surface area contributed by atoms with Crippen molar-refractivity contribution in [3.05, 3.63) is 45.3 Å². The molecule has 0 N–H and O–H groups in total. The lowest BCUT2D eigenvalue weighted by atomic mass is 10.1. The van der Waals surface area contributed by atoms with Crippen molar-refractivity contribution in [1.82, 2.24) is 9.97 Å². The number of aromatic nitrogens is 2. The topological polar surface area (TPSA) is 61.3 Å². The Bertz CT molecular complexity index is 617. The van der Waals surface area contributed by atoms with Crippen molar-refractivity contribution in [3.8, 4) is 11.8 Å². The highest BCUT2D eigenvalue weighted by atomic mass is 127. The first kappa shape index (κ1) is 13.7. The van der Waals surface area contributed by atoms with Crippen molar-refractivity contribution in [2.45, 2.75) is 0 Å². The number of hydrogen-bond donors (Lipinski definition) is 0. The monoisotopic (exact) mass is 370 g/mol. The first-order chi connectivity index (χ1) is 9.15. The van der Waals surface area contributed by atoms with E-state index in [9.17, 15) is 4.79 Å². The van der Waals surface area contributed by atoms with Crippen molar-refractivity contribution in [2.24, 2.45) is 0 Å². The quantitative estimate of drug-likeness (QED) is 0.611. The Hall–Kier alpha value is -1.70. The van der Waals surface area contributed by atoms with E-state index in [1.165, 1.54) is 20.4 Å². The number of carbonyl (C=O) groups excluding carboxylic acids is 1. The minimum atomic E-state index is -0.231. The van der Waals surface area contributed by atoms with E-state index in [-0.39, 0.29) is 17.4 Å². The molecule has 5 nitrogen and oxygen atoms in total. The van der Waals surface area contributed by atoms with Crippen LogP contribution in [0.2, 0.25) is 0 Å². The SMILES string of the molecule is COc1cnc(C(=O)c2cccc(I)c2)c(OC)n1. The van der Waals surface area contributed by atoms with Gasteiger partial charge < -0.3 is 9.47 Å². The Balaban J connectivity index is 2.44. The van der Waals surface area contributed by atoms with Crippen LogP contribution in [0, 0.1) is 3.57 Å². The van der Waals surface area contributed by atoms with Crippen molar-refractivity contribution < 1.29 is 14.3 Å². The van der Waals surface area contributed by atoms with Gasteiger partial charge in [-0.25, -0.2) is 4.98 Å². The maximum absolute atomic E-state index is 12.4. The maximum Gasteiger partial charge on any atom is 0.247 e. The summed E-state index contributed by atoms with van der Waals surface area (Å²) in [6, 6.07) is 7.25.